The number of hydrogen-bond donors (Lipinski definition) is 1. The minimum Gasteiger partial charge on any atom is -0.355 e. The third-order valence-corrected chi connectivity index (χ3v) is 6.15. The Bertz CT molecular complexity index is 1130. The second-order valence-electron chi connectivity index (χ2n) is 7.03. The first-order valence-corrected chi connectivity index (χ1v) is 10.3. The van der Waals surface area contributed by atoms with Crippen LogP contribution in [0.2, 0.25) is 0 Å². The molecule has 2 aromatic heterocycles. The first-order valence-electron chi connectivity index (χ1n) is 9.48. The van der Waals surface area contributed by atoms with Crippen LogP contribution in [0.5, 0.6) is 0 Å². The Balaban J connectivity index is 1.29. The van der Waals surface area contributed by atoms with Crippen molar-refractivity contribution in [2.24, 2.45) is 0 Å². The summed E-state index contributed by atoms with van der Waals surface area (Å²) >= 11 is 1.58. The predicted molar refractivity (Wildman–Crippen MR) is 109 cm³/mol. The Morgan fingerprint density at radius 2 is 1.93 bits per heavy atom. The normalized spacial score (nSPS) is 13.4. The topological polar surface area (TPSA) is 68.0 Å². The average molecular weight is 389 g/mol. The summed E-state index contributed by atoms with van der Waals surface area (Å²) in [6.07, 6.45) is 4.73. The maximum atomic E-state index is 12.5. The predicted octanol–water partition coefficient (Wildman–Crippen LogP) is 4.76. The van der Waals surface area contributed by atoms with Crippen molar-refractivity contribution in [1.29, 1.82) is 0 Å². The molecule has 6 heteroatoms. The molecule has 0 aliphatic heterocycles. The van der Waals surface area contributed by atoms with Gasteiger partial charge in [0.15, 0.2) is 11.5 Å². The summed E-state index contributed by atoms with van der Waals surface area (Å²) < 4.78 is 6.55. The highest BCUT2D eigenvalue weighted by Crippen LogP contribution is 2.28. The van der Waals surface area contributed by atoms with Gasteiger partial charge in [0.1, 0.15) is 5.01 Å². The SMILES string of the molecule is O=C(NCc1nc2ccccc2s1)c1cc(-c2ccc3c(c2)CCCC3)on1. The zero-order chi connectivity index (χ0) is 18.9. The van der Waals surface area contributed by atoms with Gasteiger partial charge in [-0.25, -0.2) is 4.98 Å². The number of nitrogens with one attached hydrogen (secondary N) is 1. The summed E-state index contributed by atoms with van der Waals surface area (Å²) in [6, 6.07) is 16.0. The first-order chi connectivity index (χ1) is 13.8. The number of aryl methyl sites for hydroxylation is 2. The van der Waals surface area contributed by atoms with Crippen LogP contribution >= 0.6 is 11.3 Å². The van der Waals surface area contributed by atoms with Gasteiger partial charge in [0, 0.05) is 11.6 Å². The Kier molecular flexibility index (Phi) is 4.41. The fourth-order valence-corrected chi connectivity index (χ4v) is 4.55. The Morgan fingerprint density at radius 3 is 2.82 bits per heavy atom. The lowest BCUT2D eigenvalue weighted by Crippen LogP contribution is -2.22. The average Bonchev–Trinajstić information content (AvgIpc) is 3.38. The third-order valence-electron chi connectivity index (χ3n) is 5.11. The molecule has 1 N–H and O–H groups in total. The van der Waals surface area contributed by atoms with Gasteiger partial charge in [-0.2, -0.15) is 0 Å². The van der Waals surface area contributed by atoms with Crippen LogP contribution in [0.25, 0.3) is 21.5 Å². The van der Waals surface area contributed by atoms with E-state index in [9.17, 15) is 4.79 Å². The summed E-state index contributed by atoms with van der Waals surface area (Å²) in [6.45, 7) is 0.374. The Hall–Kier alpha value is -2.99. The van der Waals surface area contributed by atoms with E-state index in [-0.39, 0.29) is 11.6 Å². The van der Waals surface area contributed by atoms with Gasteiger partial charge >= 0.3 is 0 Å². The Labute approximate surface area is 166 Å². The highest BCUT2D eigenvalue weighted by molar-refractivity contribution is 7.18. The van der Waals surface area contributed by atoms with Crippen LogP contribution in [-0.4, -0.2) is 16.0 Å². The summed E-state index contributed by atoms with van der Waals surface area (Å²) in [5.74, 6) is 0.366. The monoisotopic (exact) mass is 389 g/mol. The van der Waals surface area contributed by atoms with Gasteiger partial charge in [0.05, 0.1) is 16.8 Å². The number of fused-ring (bicyclic) bond motifs is 2. The lowest BCUT2D eigenvalue weighted by molar-refractivity contribution is 0.0942. The van der Waals surface area contributed by atoms with E-state index in [1.165, 1.54) is 24.0 Å². The van der Waals surface area contributed by atoms with Crippen LogP contribution in [0.15, 0.2) is 53.1 Å². The largest absolute Gasteiger partial charge is 0.355 e. The molecule has 28 heavy (non-hydrogen) atoms. The molecule has 0 unspecified atom stereocenters. The number of nitrogens with zero attached hydrogens (tertiary/aromatic N) is 2. The zero-order valence-electron chi connectivity index (χ0n) is 15.3. The van der Waals surface area contributed by atoms with E-state index < -0.39 is 0 Å². The minimum atomic E-state index is -0.257. The van der Waals surface area contributed by atoms with E-state index >= 15 is 0 Å². The van der Waals surface area contributed by atoms with Crippen LogP contribution in [-0.2, 0) is 19.4 Å². The van der Waals surface area contributed by atoms with E-state index in [0.29, 0.717) is 12.3 Å². The summed E-state index contributed by atoms with van der Waals surface area (Å²) in [5.41, 5.74) is 5.00. The molecule has 0 fully saturated rings. The van der Waals surface area contributed by atoms with Crippen molar-refractivity contribution >= 4 is 27.5 Å². The van der Waals surface area contributed by atoms with Gasteiger partial charge in [0.2, 0.25) is 0 Å². The van der Waals surface area contributed by atoms with Crippen LogP contribution in [0.3, 0.4) is 0 Å². The maximum absolute atomic E-state index is 12.5. The first kappa shape index (κ1) is 17.1. The fourth-order valence-electron chi connectivity index (χ4n) is 3.65. The molecule has 1 aliphatic rings. The number of amides is 1. The zero-order valence-corrected chi connectivity index (χ0v) is 16.1. The molecule has 0 radical (unpaired) electrons. The molecule has 0 saturated carbocycles. The molecular weight excluding hydrogens is 370 g/mol. The lowest BCUT2D eigenvalue weighted by Gasteiger charge is -2.15. The van der Waals surface area contributed by atoms with E-state index in [2.05, 4.69) is 27.6 Å². The van der Waals surface area contributed by atoms with Crippen molar-refractivity contribution in [2.75, 3.05) is 0 Å². The van der Waals surface area contributed by atoms with Gasteiger partial charge in [-0.05, 0) is 55.0 Å². The summed E-state index contributed by atoms with van der Waals surface area (Å²) in [4.78, 5) is 17.0. The molecule has 140 valence electrons. The van der Waals surface area contributed by atoms with Gasteiger partial charge < -0.3 is 9.84 Å². The van der Waals surface area contributed by atoms with Crippen LogP contribution in [0, 0.1) is 0 Å². The van der Waals surface area contributed by atoms with E-state index in [4.69, 9.17) is 4.52 Å². The third kappa shape index (κ3) is 3.31. The van der Waals surface area contributed by atoms with Crippen LogP contribution in [0.1, 0.15) is 39.5 Å². The number of benzene rings is 2. The number of thiazole rings is 1. The molecular formula is C22H19N3O2S. The molecule has 2 aromatic carbocycles. The standard InChI is InChI=1S/C22H19N3O2S/c26-22(23-13-21-24-17-7-3-4-8-20(17)28-21)18-12-19(27-25-18)16-10-9-14-5-1-2-6-15(14)11-16/h3-4,7-12H,1-2,5-6,13H2,(H,23,26). The fraction of sp³-hybridized carbons (Fsp3) is 0.227. The van der Waals surface area contributed by atoms with Crippen molar-refractivity contribution in [1.82, 2.24) is 15.5 Å². The second-order valence-corrected chi connectivity index (χ2v) is 8.14. The van der Waals surface area contributed by atoms with E-state index in [0.717, 1.165) is 33.6 Å². The van der Waals surface area contributed by atoms with Gasteiger partial charge in [0.25, 0.3) is 5.91 Å². The molecule has 5 rings (SSSR count). The summed E-state index contributed by atoms with van der Waals surface area (Å²) in [7, 11) is 0. The van der Waals surface area contributed by atoms with Crippen molar-refractivity contribution in [3.8, 4) is 11.3 Å². The molecule has 0 atom stereocenters. The van der Waals surface area contributed by atoms with Gasteiger partial charge in [-0.15, -0.1) is 11.3 Å². The quantitative estimate of drug-likeness (QED) is 0.546. The van der Waals surface area contributed by atoms with E-state index in [1.54, 1.807) is 17.4 Å². The van der Waals surface area contributed by atoms with Crippen molar-refractivity contribution < 1.29 is 9.32 Å². The Morgan fingerprint density at radius 1 is 1.07 bits per heavy atom. The number of hydrogen-bond acceptors (Lipinski definition) is 5. The van der Waals surface area contributed by atoms with E-state index in [1.807, 2.05) is 30.3 Å². The highest BCUT2D eigenvalue weighted by atomic mass is 32.1. The minimum absolute atomic E-state index is 0.257. The van der Waals surface area contributed by atoms with Gasteiger partial charge in [-0.1, -0.05) is 29.4 Å². The van der Waals surface area contributed by atoms with Crippen LogP contribution in [0.4, 0.5) is 0 Å². The molecule has 1 aliphatic carbocycles. The molecule has 0 bridgehead atoms. The number of para-hydroxylation sites is 1. The van der Waals surface area contributed by atoms with Crippen molar-refractivity contribution in [2.45, 2.75) is 32.2 Å². The van der Waals surface area contributed by atoms with Gasteiger partial charge in [-0.3, -0.25) is 4.79 Å². The van der Waals surface area contributed by atoms with Crippen LogP contribution < -0.4 is 5.32 Å². The number of rotatable bonds is 4. The number of carbonyl (C=O) groups excluding carboxylic acids is 1. The molecule has 4 aromatic rings. The number of aromatic nitrogens is 2. The summed E-state index contributed by atoms with van der Waals surface area (Å²) in [5, 5.41) is 7.70. The van der Waals surface area contributed by atoms with Crippen molar-refractivity contribution in [3.63, 3.8) is 0 Å². The number of carbonyl (C=O) groups is 1. The molecule has 2 heterocycles. The maximum Gasteiger partial charge on any atom is 0.273 e. The van der Waals surface area contributed by atoms with Crippen molar-refractivity contribution in [3.05, 3.63) is 70.4 Å². The molecule has 5 nitrogen and oxygen atoms in total. The smallest absolute Gasteiger partial charge is 0.273 e. The second kappa shape index (κ2) is 7.20. The lowest BCUT2D eigenvalue weighted by atomic mass is 9.90. The highest BCUT2D eigenvalue weighted by Gasteiger charge is 2.16. The molecule has 0 saturated heterocycles. The molecule has 0 spiro atoms. The molecule has 1 amide bonds.